The smallest absolute Gasteiger partial charge is 0.225 e. The van der Waals surface area contributed by atoms with Crippen molar-refractivity contribution in [3.63, 3.8) is 0 Å². The van der Waals surface area contributed by atoms with E-state index in [1.54, 1.807) is 12.4 Å². The van der Waals surface area contributed by atoms with Gasteiger partial charge in [-0.2, -0.15) is 0 Å². The molecule has 1 fully saturated rings. The Bertz CT molecular complexity index is 762. The van der Waals surface area contributed by atoms with E-state index in [1.807, 2.05) is 61.2 Å². The Balaban J connectivity index is 1.72. The summed E-state index contributed by atoms with van der Waals surface area (Å²) in [4.78, 5) is 31.4. The molecule has 0 spiro atoms. The van der Waals surface area contributed by atoms with Crippen LogP contribution in [0.15, 0.2) is 54.9 Å². The van der Waals surface area contributed by atoms with Gasteiger partial charge in [0.1, 0.15) is 0 Å². The maximum atomic E-state index is 12.9. The number of amides is 2. The fourth-order valence-corrected chi connectivity index (χ4v) is 3.61. The summed E-state index contributed by atoms with van der Waals surface area (Å²) >= 11 is 0. The van der Waals surface area contributed by atoms with E-state index in [0.29, 0.717) is 32.0 Å². The van der Waals surface area contributed by atoms with Gasteiger partial charge in [0.25, 0.3) is 0 Å². The van der Waals surface area contributed by atoms with Crippen molar-refractivity contribution < 1.29 is 9.59 Å². The number of benzene rings is 1. The monoisotopic (exact) mass is 365 g/mol. The van der Waals surface area contributed by atoms with Gasteiger partial charge >= 0.3 is 0 Å². The topological polar surface area (TPSA) is 62.3 Å². The molecule has 2 aromatic rings. The first-order valence-corrected chi connectivity index (χ1v) is 9.54. The Kier molecular flexibility index (Phi) is 6.22. The molecule has 2 amide bonds. The van der Waals surface area contributed by atoms with E-state index in [1.165, 1.54) is 0 Å². The Hall–Kier alpha value is -2.69. The summed E-state index contributed by atoms with van der Waals surface area (Å²) in [7, 11) is 0. The molecule has 0 saturated carbocycles. The van der Waals surface area contributed by atoms with Gasteiger partial charge in [0.15, 0.2) is 0 Å². The van der Waals surface area contributed by atoms with E-state index >= 15 is 0 Å². The van der Waals surface area contributed by atoms with Gasteiger partial charge in [0.05, 0.1) is 5.92 Å². The maximum Gasteiger partial charge on any atom is 0.225 e. The zero-order chi connectivity index (χ0) is 19.2. The van der Waals surface area contributed by atoms with Crippen molar-refractivity contribution in [3.05, 3.63) is 66.0 Å². The van der Waals surface area contributed by atoms with Gasteiger partial charge in [-0.15, -0.1) is 0 Å². The lowest BCUT2D eigenvalue weighted by atomic mass is 9.88. The van der Waals surface area contributed by atoms with E-state index in [9.17, 15) is 9.59 Å². The van der Waals surface area contributed by atoms with Crippen LogP contribution in [0, 0.1) is 11.8 Å². The first-order valence-electron chi connectivity index (χ1n) is 9.54. The minimum Gasteiger partial charge on any atom is -0.352 e. The number of hydrogen-bond acceptors (Lipinski definition) is 3. The Labute approximate surface area is 160 Å². The molecule has 0 radical (unpaired) electrons. The Morgan fingerprint density at radius 2 is 1.93 bits per heavy atom. The number of likely N-dealkylation sites (tertiary alicyclic amines) is 1. The number of aromatic nitrogens is 1. The third-order valence-electron chi connectivity index (χ3n) is 5.01. The summed E-state index contributed by atoms with van der Waals surface area (Å²) in [6, 6.07) is 13.8. The molecule has 3 rings (SSSR count). The zero-order valence-corrected chi connectivity index (χ0v) is 16.0. The molecule has 1 aliphatic rings. The molecule has 1 aliphatic heterocycles. The predicted octanol–water partition coefficient (Wildman–Crippen LogP) is 2.99. The Morgan fingerprint density at radius 1 is 1.15 bits per heavy atom. The SMILES string of the molecule is CC(C)CC(=O)N1C[C@H](C(=O)NCc2cccnc2)[C@@H](c2ccccc2)C1. The van der Waals surface area contributed by atoms with Crippen molar-refractivity contribution in [1.82, 2.24) is 15.2 Å². The molecule has 0 unspecified atom stereocenters. The number of rotatable bonds is 6. The summed E-state index contributed by atoms with van der Waals surface area (Å²) in [5.74, 6) is 0.226. The molecule has 1 saturated heterocycles. The van der Waals surface area contributed by atoms with Crippen LogP contribution in [0.5, 0.6) is 0 Å². The van der Waals surface area contributed by atoms with Gasteiger partial charge in [-0.05, 0) is 23.1 Å². The number of nitrogens with one attached hydrogen (secondary N) is 1. The summed E-state index contributed by atoms with van der Waals surface area (Å²) in [6.45, 7) is 5.61. The highest BCUT2D eigenvalue weighted by Crippen LogP contribution is 2.33. The molecule has 1 aromatic heterocycles. The van der Waals surface area contributed by atoms with Gasteiger partial charge in [0.2, 0.25) is 11.8 Å². The Morgan fingerprint density at radius 3 is 2.59 bits per heavy atom. The zero-order valence-electron chi connectivity index (χ0n) is 16.0. The fraction of sp³-hybridized carbons (Fsp3) is 0.409. The van der Waals surface area contributed by atoms with E-state index in [2.05, 4.69) is 10.3 Å². The van der Waals surface area contributed by atoms with Crippen LogP contribution in [0.2, 0.25) is 0 Å². The lowest BCUT2D eigenvalue weighted by Gasteiger charge is -2.18. The van der Waals surface area contributed by atoms with Crippen molar-refractivity contribution in [2.24, 2.45) is 11.8 Å². The lowest BCUT2D eigenvalue weighted by molar-refractivity contribution is -0.131. The summed E-state index contributed by atoms with van der Waals surface area (Å²) in [5.41, 5.74) is 2.08. The van der Waals surface area contributed by atoms with Crippen LogP contribution >= 0.6 is 0 Å². The second-order valence-corrected chi connectivity index (χ2v) is 7.60. The predicted molar refractivity (Wildman–Crippen MR) is 105 cm³/mol. The molecule has 142 valence electrons. The first kappa shape index (κ1) is 19.1. The molecule has 1 N–H and O–H groups in total. The average Bonchev–Trinajstić information content (AvgIpc) is 3.13. The lowest BCUT2D eigenvalue weighted by Crippen LogP contribution is -2.35. The highest BCUT2D eigenvalue weighted by molar-refractivity contribution is 5.83. The highest BCUT2D eigenvalue weighted by atomic mass is 16.2. The van der Waals surface area contributed by atoms with Crippen molar-refractivity contribution in [2.45, 2.75) is 32.7 Å². The van der Waals surface area contributed by atoms with Gasteiger partial charge in [-0.3, -0.25) is 14.6 Å². The molecular formula is C22H27N3O2. The van der Waals surface area contributed by atoms with Crippen molar-refractivity contribution in [2.75, 3.05) is 13.1 Å². The van der Waals surface area contributed by atoms with Gasteiger partial charge < -0.3 is 10.2 Å². The van der Waals surface area contributed by atoms with E-state index in [4.69, 9.17) is 0 Å². The highest BCUT2D eigenvalue weighted by Gasteiger charge is 2.40. The molecule has 2 atom stereocenters. The molecule has 1 aromatic carbocycles. The summed E-state index contributed by atoms with van der Waals surface area (Å²) in [5, 5.41) is 3.02. The average molecular weight is 365 g/mol. The van der Waals surface area contributed by atoms with Crippen LogP contribution in [-0.4, -0.2) is 34.8 Å². The van der Waals surface area contributed by atoms with Crippen molar-refractivity contribution in [1.29, 1.82) is 0 Å². The van der Waals surface area contributed by atoms with E-state index in [0.717, 1.165) is 11.1 Å². The van der Waals surface area contributed by atoms with Crippen LogP contribution in [0.25, 0.3) is 0 Å². The standard InChI is InChI=1S/C22H27N3O2/c1-16(2)11-21(26)25-14-19(18-8-4-3-5-9-18)20(15-25)22(27)24-13-17-7-6-10-23-12-17/h3-10,12,16,19-20H,11,13-15H2,1-2H3,(H,24,27)/t19-,20+/m1/s1. The minimum absolute atomic E-state index is 0.00690. The van der Waals surface area contributed by atoms with Crippen LogP contribution in [-0.2, 0) is 16.1 Å². The number of carbonyl (C=O) groups excluding carboxylic acids is 2. The van der Waals surface area contributed by atoms with Gasteiger partial charge in [0, 0.05) is 44.4 Å². The van der Waals surface area contributed by atoms with Crippen LogP contribution in [0.3, 0.4) is 0 Å². The van der Waals surface area contributed by atoms with E-state index < -0.39 is 0 Å². The van der Waals surface area contributed by atoms with Gasteiger partial charge in [-0.1, -0.05) is 50.2 Å². The summed E-state index contributed by atoms with van der Waals surface area (Å²) < 4.78 is 0. The van der Waals surface area contributed by atoms with Gasteiger partial charge in [-0.25, -0.2) is 0 Å². The van der Waals surface area contributed by atoms with Crippen LogP contribution in [0.4, 0.5) is 0 Å². The molecule has 27 heavy (non-hydrogen) atoms. The molecule has 5 heteroatoms. The second kappa shape index (κ2) is 8.80. The number of pyridine rings is 1. The molecule has 5 nitrogen and oxygen atoms in total. The maximum absolute atomic E-state index is 12.9. The second-order valence-electron chi connectivity index (χ2n) is 7.60. The molecule has 0 aliphatic carbocycles. The minimum atomic E-state index is -0.236. The molecular weight excluding hydrogens is 338 g/mol. The quantitative estimate of drug-likeness (QED) is 0.856. The molecule has 2 heterocycles. The number of carbonyl (C=O) groups is 2. The number of hydrogen-bond donors (Lipinski definition) is 1. The van der Waals surface area contributed by atoms with Crippen LogP contribution in [0.1, 0.15) is 37.3 Å². The van der Waals surface area contributed by atoms with Crippen molar-refractivity contribution >= 4 is 11.8 Å². The summed E-state index contributed by atoms with van der Waals surface area (Å²) in [6.07, 6.45) is 3.99. The van der Waals surface area contributed by atoms with Crippen LogP contribution < -0.4 is 5.32 Å². The third-order valence-corrected chi connectivity index (χ3v) is 5.01. The first-order chi connectivity index (χ1) is 13.0. The number of nitrogens with zero attached hydrogens (tertiary/aromatic N) is 2. The molecule has 0 bridgehead atoms. The largest absolute Gasteiger partial charge is 0.352 e. The van der Waals surface area contributed by atoms with E-state index in [-0.39, 0.29) is 23.7 Å². The normalized spacial score (nSPS) is 19.3. The fourth-order valence-electron chi connectivity index (χ4n) is 3.61. The van der Waals surface area contributed by atoms with Crippen molar-refractivity contribution in [3.8, 4) is 0 Å². The third kappa shape index (κ3) is 4.94.